The van der Waals surface area contributed by atoms with Crippen LogP contribution in [-0.4, -0.2) is 35.0 Å². The molecular formula is C16H24N2O2S. The summed E-state index contributed by atoms with van der Waals surface area (Å²) in [4.78, 5) is 14.4. The Morgan fingerprint density at radius 2 is 1.81 bits per heavy atom. The van der Waals surface area contributed by atoms with Gasteiger partial charge in [0.2, 0.25) is 0 Å². The molecule has 1 amide bonds. The molecular weight excluding hydrogens is 284 g/mol. The maximum atomic E-state index is 12.2. The zero-order valence-corrected chi connectivity index (χ0v) is 13.9. The van der Waals surface area contributed by atoms with Crippen LogP contribution in [0.3, 0.4) is 0 Å². The zero-order valence-electron chi connectivity index (χ0n) is 13.1. The van der Waals surface area contributed by atoms with Crippen molar-refractivity contribution >= 4 is 23.1 Å². The predicted octanol–water partition coefficient (Wildman–Crippen LogP) is 2.59. The summed E-state index contributed by atoms with van der Waals surface area (Å²) >= 11 is 4.89. The van der Waals surface area contributed by atoms with Crippen molar-refractivity contribution in [2.24, 2.45) is 11.7 Å². The molecule has 0 radical (unpaired) electrons. The summed E-state index contributed by atoms with van der Waals surface area (Å²) in [5.74, 6) is 1.06. The van der Waals surface area contributed by atoms with Crippen LogP contribution in [0.2, 0.25) is 0 Å². The lowest BCUT2D eigenvalue weighted by molar-refractivity contribution is -0.135. The monoisotopic (exact) mass is 308 g/mol. The Bertz CT molecular complexity index is 484. The number of hydrogen-bond acceptors (Lipinski definition) is 3. The van der Waals surface area contributed by atoms with Crippen LogP contribution in [0.4, 0.5) is 0 Å². The molecule has 0 heterocycles. The summed E-state index contributed by atoms with van der Waals surface area (Å²) in [6.07, 6.45) is 0. The minimum Gasteiger partial charge on any atom is -0.484 e. The molecule has 0 unspecified atom stereocenters. The Morgan fingerprint density at radius 3 is 2.24 bits per heavy atom. The highest BCUT2D eigenvalue weighted by Crippen LogP contribution is 2.13. The van der Waals surface area contributed by atoms with Crippen LogP contribution in [0, 0.1) is 5.92 Å². The first-order chi connectivity index (χ1) is 9.81. The van der Waals surface area contributed by atoms with Gasteiger partial charge in [0.05, 0.1) is 0 Å². The standard InChI is InChI=1S/C16H24N2O2S/c1-11(2)9-18(12(3)4)15(19)10-20-14-7-5-13(6-8-14)16(17)21/h5-8,11-12H,9-10H2,1-4H3,(H2,17,21). The largest absolute Gasteiger partial charge is 0.484 e. The highest BCUT2D eigenvalue weighted by molar-refractivity contribution is 7.80. The number of nitrogens with two attached hydrogens (primary N) is 1. The van der Waals surface area contributed by atoms with Crippen LogP contribution in [0.15, 0.2) is 24.3 Å². The third kappa shape index (κ3) is 5.71. The van der Waals surface area contributed by atoms with E-state index in [4.69, 9.17) is 22.7 Å². The highest BCUT2D eigenvalue weighted by atomic mass is 32.1. The molecule has 0 fully saturated rings. The Morgan fingerprint density at radius 1 is 1.24 bits per heavy atom. The van der Waals surface area contributed by atoms with Crippen molar-refractivity contribution in [1.29, 1.82) is 0 Å². The Labute approximate surface area is 132 Å². The van der Waals surface area contributed by atoms with E-state index >= 15 is 0 Å². The first-order valence-electron chi connectivity index (χ1n) is 7.13. The maximum Gasteiger partial charge on any atom is 0.260 e. The lowest BCUT2D eigenvalue weighted by Gasteiger charge is -2.28. The van der Waals surface area contributed by atoms with Gasteiger partial charge in [-0.1, -0.05) is 26.1 Å². The molecule has 0 aliphatic carbocycles. The first kappa shape index (κ1) is 17.4. The van der Waals surface area contributed by atoms with E-state index in [9.17, 15) is 4.79 Å². The SMILES string of the molecule is CC(C)CN(C(=O)COc1ccc(C(N)=S)cc1)C(C)C. The van der Waals surface area contributed by atoms with Gasteiger partial charge in [-0.15, -0.1) is 0 Å². The summed E-state index contributed by atoms with van der Waals surface area (Å²) in [6.45, 7) is 8.99. The smallest absolute Gasteiger partial charge is 0.260 e. The molecule has 1 aromatic rings. The third-order valence-electron chi connectivity index (χ3n) is 3.01. The van der Waals surface area contributed by atoms with Gasteiger partial charge in [-0.05, 0) is 44.0 Å². The molecule has 5 heteroatoms. The fraction of sp³-hybridized carbons (Fsp3) is 0.500. The van der Waals surface area contributed by atoms with Gasteiger partial charge in [0.25, 0.3) is 5.91 Å². The topological polar surface area (TPSA) is 55.6 Å². The molecule has 1 aromatic carbocycles. The summed E-state index contributed by atoms with van der Waals surface area (Å²) in [5.41, 5.74) is 6.32. The number of amides is 1. The van der Waals surface area contributed by atoms with E-state index in [0.29, 0.717) is 16.7 Å². The van der Waals surface area contributed by atoms with Crippen molar-refractivity contribution in [3.05, 3.63) is 29.8 Å². The molecule has 0 saturated carbocycles. The van der Waals surface area contributed by atoms with Crippen LogP contribution in [0.25, 0.3) is 0 Å². The van der Waals surface area contributed by atoms with E-state index in [-0.39, 0.29) is 18.6 Å². The second-order valence-electron chi connectivity index (χ2n) is 5.71. The number of carbonyl (C=O) groups excluding carboxylic acids is 1. The summed E-state index contributed by atoms with van der Waals surface area (Å²) < 4.78 is 5.54. The highest BCUT2D eigenvalue weighted by Gasteiger charge is 2.18. The minimum absolute atomic E-state index is 0.00266. The molecule has 0 aromatic heterocycles. The second-order valence-corrected chi connectivity index (χ2v) is 6.15. The normalized spacial score (nSPS) is 10.8. The van der Waals surface area contributed by atoms with Gasteiger partial charge >= 0.3 is 0 Å². The van der Waals surface area contributed by atoms with E-state index in [2.05, 4.69) is 13.8 Å². The molecule has 1 rings (SSSR count). The van der Waals surface area contributed by atoms with Crippen LogP contribution >= 0.6 is 12.2 Å². The minimum atomic E-state index is -0.00266. The average molecular weight is 308 g/mol. The molecule has 0 bridgehead atoms. The van der Waals surface area contributed by atoms with Crippen LogP contribution in [0.1, 0.15) is 33.3 Å². The number of carbonyl (C=O) groups is 1. The van der Waals surface area contributed by atoms with Crippen molar-refractivity contribution < 1.29 is 9.53 Å². The fourth-order valence-electron chi connectivity index (χ4n) is 1.94. The van der Waals surface area contributed by atoms with Crippen LogP contribution in [0.5, 0.6) is 5.75 Å². The van der Waals surface area contributed by atoms with Crippen LogP contribution < -0.4 is 10.5 Å². The molecule has 2 N–H and O–H groups in total. The number of benzene rings is 1. The third-order valence-corrected chi connectivity index (χ3v) is 3.24. The number of ether oxygens (including phenoxy) is 1. The molecule has 4 nitrogen and oxygen atoms in total. The van der Waals surface area contributed by atoms with E-state index in [1.54, 1.807) is 24.3 Å². The second kappa shape index (κ2) is 7.98. The molecule has 0 saturated heterocycles. The quantitative estimate of drug-likeness (QED) is 0.787. The van der Waals surface area contributed by atoms with Crippen molar-refractivity contribution in [3.63, 3.8) is 0 Å². The Balaban J connectivity index is 2.60. The average Bonchev–Trinajstić information content (AvgIpc) is 2.42. The van der Waals surface area contributed by atoms with E-state index in [1.165, 1.54) is 0 Å². The fourth-order valence-corrected chi connectivity index (χ4v) is 2.07. The lowest BCUT2D eigenvalue weighted by Crippen LogP contribution is -2.42. The van der Waals surface area contributed by atoms with Crippen molar-refractivity contribution in [2.75, 3.05) is 13.2 Å². The number of rotatable bonds is 7. The van der Waals surface area contributed by atoms with Crippen LogP contribution in [-0.2, 0) is 4.79 Å². The molecule has 21 heavy (non-hydrogen) atoms. The van der Waals surface area contributed by atoms with Gasteiger partial charge in [-0.2, -0.15) is 0 Å². The summed E-state index contributed by atoms with van der Waals surface area (Å²) in [5, 5.41) is 0. The van der Waals surface area contributed by atoms with Gasteiger partial charge in [0, 0.05) is 18.2 Å². The number of hydrogen-bond donors (Lipinski definition) is 1. The van der Waals surface area contributed by atoms with Gasteiger partial charge < -0.3 is 15.4 Å². The molecule has 0 atom stereocenters. The predicted molar refractivity (Wildman–Crippen MR) is 89.5 cm³/mol. The van der Waals surface area contributed by atoms with Crippen molar-refractivity contribution in [3.8, 4) is 5.75 Å². The van der Waals surface area contributed by atoms with E-state index < -0.39 is 0 Å². The molecule has 0 spiro atoms. The van der Waals surface area contributed by atoms with Gasteiger partial charge in [0.1, 0.15) is 10.7 Å². The molecule has 0 aliphatic heterocycles. The van der Waals surface area contributed by atoms with E-state index in [1.807, 2.05) is 18.7 Å². The van der Waals surface area contributed by atoms with Gasteiger partial charge in [-0.25, -0.2) is 0 Å². The summed E-state index contributed by atoms with van der Waals surface area (Å²) in [7, 11) is 0. The van der Waals surface area contributed by atoms with Crippen molar-refractivity contribution in [2.45, 2.75) is 33.7 Å². The molecule has 116 valence electrons. The number of thiocarbonyl (C=S) groups is 1. The lowest BCUT2D eigenvalue weighted by atomic mass is 10.2. The zero-order chi connectivity index (χ0) is 16.0. The first-order valence-corrected chi connectivity index (χ1v) is 7.54. The Hall–Kier alpha value is -1.62. The molecule has 0 aliphatic rings. The maximum absolute atomic E-state index is 12.2. The van der Waals surface area contributed by atoms with Gasteiger partial charge in [0.15, 0.2) is 6.61 Å². The summed E-state index contributed by atoms with van der Waals surface area (Å²) in [6, 6.07) is 7.28. The van der Waals surface area contributed by atoms with Crippen molar-refractivity contribution in [1.82, 2.24) is 4.90 Å². The number of nitrogens with zero attached hydrogens (tertiary/aromatic N) is 1. The van der Waals surface area contributed by atoms with E-state index in [0.717, 1.165) is 12.1 Å². The Kier molecular flexibility index (Phi) is 6.62. The van der Waals surface area contributed by atoms with Gasteiger partial charge in [-0.3, -0.25) is 4.79 Å².